The summed E-state index contributed by atoms with van der Waals surface area (Å²) in [5, 5.41) is 4.45. The molecule has 0 aromatic carbocycles. The number of nitrogens with zero attached hydrogens (tertiary/aromatic N) is 5. The molecule has 0 unspecified atom stereocenters. The van der Waals surface area contributed by atoms with Gasteiger partial charge in [-0.25, -0.2) is 9.97 Å². The lowest BCUT2D eigenvalue weighted by Gasteiger charge is -2.17. The zero-order valence-corrected chi connectivity index (χ0v) is 14.7. The van der Waals surface area contributed by atoms with Crippen molar-refractivity contribution in [2.24, 2.45) is 12.8 Å². The SMILES string of the molecule is CC(C)c1ncc(Cl)c(C(=O)N2C[C@@H](N)[C@H](c3cnn(C)c3)C2)n1. The zero-order chi connectivity index (χ0) is 17.4. The Kier molecular flexibility index (Phi) is 4.56. The number of amides is 1. The highest BCUT2D eigenvalue weighted by molar-refractivity contribution is 6.33. The van der Waals surface area contributed by atoms with E-state index in [0.717, 1.165) is 5.56 Å². The fourth-order valence-electron chi connectivity index (χ4n) is 2.94. The summed E-state index contributed by atoms with van der Waals surface area (Å²) in [5.74, 6) is 0.590. The summed E-state index contributed by atoms with van der Waals surface area (Å²) in [6.45, 7) is 4.95. The second kappa shape index (κ2) is 6.49. The van der Waals surface area contributed by atoms with Crippen LogP contribution in [-0.2, 0) is 7.05 Å². The second-order valence-electron chi connectivity index (χ2n) is 6.51. The molecule has 3 heterocycles. The number of carbonyl (C=O) groups is 1. The molecule has 2 aromatic rings. The maximum atomic E-state index is 12.8. The van der Waals surface area contributed by atoms with E-state index >= 15 is 0 Å². The highest BCUT2D eigenvalue weighted by Crippen LogP contribution is 2.28. The van der Waals surface area contributed by atoms with Gasteiger partial charge in [0.1, 0.15) is 5.82 Å². The predicted octanol–water partition coefficient (Wildman–Crippen LogP) is 1.55. The van der Waals surface area contributed by atoms with Crippen molar-refractivity contribution in [1.82, 2.24) is 24.6 Å². The van der Waals surface area contributed by atoms with Gasteiger partial charge < -0.3 is 10.6 Å². The Hall–Kier alpha value is -1.99. The van der Waals surface area contributed by atoms with Crippen molar-refractivity contribution < 1.29 is 4.79 Å². The summed E-state index contributed by atoms with van der Waals surface area (Å²) >= 11 is 6.15. The third kappa shape index (κ3) is 3.14. The van der Waals surface area contributed by atoms with Gasteiger partial charge in [0.2, 0.25) is 0 Å². The molecule has 3 rings (SSSR count). The molecule has 8 heteroatoms. The van der Waals surface area contributed by atoms with E-state index in [-0.39, 0.29) is 34.5 Å². The van der Waals surface area contributed by atoms with E-state index < -0.39 is 0 Å². The number of hydrogen-bond donors (Lipinski definition) is 1. The molecule has 0 radical (unpaired) electrons. The van der Waals surface area contributed by atoms with Crippen LogP contribution in [0.25, 0.3) is 0 Å². The van der Waals surface area contributed by atoms with E-state index in [9.17, 15) is 4.79 Å². The van der Waals surface area contributed by atoms with E-state index in [1.807, 2.05) is 27.1 Å². The molecule has 2 N–H and O–H groups in total. The van der Waals surface area contributed by atoms with Crippen molar-refractivity contribution in [3.8, 4) is 0 Å². The Bertz CT molecular complexity index is 759. The average Bonchev–Trinajstić information content (AvgIpc) is 3.12. The van der Waals surface area contributed by atoms with E-state index in [0.29, 0.717) is 18.9 Å². The molecule has 1 fully saturated rings. The molecule has 0 bridgehead atoms. The van der Waals surface area contributed by atoms with Crippen molar-refractivity contribution in [3.05, 3.63) is 40.7 Å². The lowest BCUT2D eigenvalue weighted by atomic mass is 9.98. The molecule has 2 atom stereocenters. The molecule has 1 saturated heterocycles. The maximum absolute atomic E-state index is 12.8. The van der Waals surface area contributed by atoms with Gasteiger partial charge in [0.05, 0.1) is 17.4 Å². The third-order valence-electron chi connectivity index (χ3n) is 4.29. The number of aryl methyl sites for hydroxylation is 1. The largest absolute Gasteiger partial charge is 0.335 e. The van der Waals surface area contributed by atoms with Gasteiger partial charge in [0.25, 0.3) is 5.91 Å². The minimum atomic E-state index is -0.203. The summed E-state index contributed by atoms with van der Waals surface area (Å²) in [6, 6.07) is -0.136. The smallest absolute Gasteiger partial charge is 0.274 e. The first-order valence-corrected chi connectivity index (χ1v) is 8.30. The Morgan fingerprint density at radius 3 is 2.75 bits per heavy atom. The van der Waals surface area contributed by atoms with E-state index in [2.05, 4.69) is 15.1 Å². The molecular formula is C16H21ClN6O. The van der Waals surface area contributed by atoms with Crippen LogP contribution in [-0.4, -0.2) is 49.7 Å². The monoisotopic (exact) mass is 348 g/mol. The van der Waals surface area contributed by atoms with Gasteiger partial charge in [-0.15, -0.1) is 0 Å². The fraction of sp³-hybridized carbons (Fsp3) is 0.500. The number of hydrogen-bond acceptors (Lipinski definition) is 5. The standard InChI is InChI=1S/C16H21ClN6O/c1-9(2)15-19-5-12(17)14(21-15)16(24)23-7-11(13(18)8-23)10-4-20-22(3)6-10/h4-6,9,11,13H,7-8,18H2,1-3H3/t11-,13+/m0/s1. The van der Waals surface area contributed by atoms with Gasteiger partial charge >= 0.3 is 0 Å². The highest BCUT2D eigenvalue weighted by Gasteiger charge is 2.36. The second-order valence-corrected chi connectivity index (χ2v) is 6.91. The van der Waals surface area contributed by atoms with Gasteiger partial charge in [0.15, 0.2) is 5.69 Å². The van der Waals surface area contributed by atoms with E-state index in [4.69, 9.17) is 17.3 Å². The van der Waals surface area contributed by atoms with Crippen LogP contribution in [0, 0.1) is 0 Å². The highest BCUT2D eigenvalue weighted by atomic mass is 35.5. The molecule has 128 valence electrons. The number of halogens is 1. The predicted molar refractivity (Wildman–Crippen MR) is 91.0 cm³/mol. The van der Waals surface area contributed by atoms with Crippen LogP contribution in [0.15, 0.2) is 18.6 Å². The van der Waals surface area contributed by atoms with Crippen LogP contribution in [0.3, 0.4) is 0 Å². The maximum Gasteiger partial charge on any atom is 0.274 e. The Labute approximate surface area is 145 Å². The summed E-state index contributed by atoms with van der Waals surface area (Å²) in [4.78, 5) is 23.1. The first-order valence-electron chi connectivity index (χ1n) is 7.92. The number of nitrogens with two attached hydrogens (primary N) is 1. The number of aromatic nitrogens is 4. The van der Waals surface area contributed by atoms with E-state index in [1.54, 1.807) is 15.8 Å². The van der Waals surface area contributed by atoms with Crippen molar-refractivity contribution >= 4 is 17.5 Å². The Balaban J connectivity index is 1.83. The van der Waals surface area contributed by atoms with Gasteiger partial charge in [-0.1, -0.05) is 25.4 Å². The summed E-state index contributed by atoms with van der Waals surface area (Å²) in [5.41, 5.74) is 7.53. The Morgan fingerprint density at radius 2 is 2.12 bits per heavy atom. The molecule has 2 aromatic heterocycles. The van der Waals surface area contributed by atoms with Crippen LogP contribution in [0.1, 0.15) is 47.6 Å². The van der Waals surface area contributed by atoms with Gasteiger partial charge in [-0.05, 0) is 5.56 Å². The minimum absolute atomic E-state index is 0.0628. The van der Waals surface area contributed by atoms with Crippen molar-refractivity contribution in [2.75, 3.05) is 13.1 Å². The molecule has 1 amide bonds. The van der Waals surface area contributed by atoms with Crippen LogP contribution in [0.2, 0.25) is 5.02 Å². The quantitative estimate of drug-likeness (QED) is 0.909. The molecular weight excluding hydrogens is 328 g/mol. The minimum Gasteiger partial charge on any atom is -0.335 e. The van der Waals surface area contributed by atoms with Crippen LogP contribution in [0.4, 0.5) is 0 Å². The number of carbonyl (C=O) groups excluding carboxylic acids is 1. The average molecular weight is 349 g/mol. The molecule has 0 spiro atoms. The van der Waals surface area contributed by atoms with Gasteiger partial charge in [-0.3, -0.25) is 9.48 Å². The topological polar surface area (TPSA) is 89.9 Å². The molecule has 24 heavy (non-hydrogen) atoms. The molecule has 0 saturated carbocycles. The normalized spacial score (nSPS) is 20.8. The third-order valence-corrected chi connectivity index (χ3v) is 4.56. The van der Waals surface area contributed by atoms with Gasteiger partial charge in [0, 0.05) is 44.2 Å². The lowest BCUT2D eigenvalue weighted by Crippen LogP contribution is -2.33. The van der Waals surface area contributed by atoms with E-state index in [1.165, 1.54) is 6.20 Å². The number of rotatable bonds is 3. The fourth-order valence-corrected chi connectivity index (χ4v) is 3.11. The van der Waals surface area contributed by atoms with Crippen LogP contribution in [0.5, 0.6) is 0 Å². The molecule has 1 aliphatic rings. The van der Waals surface area contributed by atoms with Crippen molar-refractivity contribution in [1.29, 1.82) is 0 Å². The first kappa shape index (κ1) is 16.9. The summed E-state index contributed by atoms with van der Waals surface area (Å²) in [6.07, 6.45) is 5.23. The summed E-state index contributed by atoms with van der Waals surface area (Å²) < 4.78 is 1.74. The first-order chi connectivity index (χ1) is 11.4. The van der Waals surface area contributed by atoms with Crippen molar-refractivity contribution in [3.63, 3.8) is 0 Å². The lowest BCUT2D eigenvalue weighted by molar-refractivity contribution is 0.0783. The van der Waals surface area contributed by atoms with Crippen LogP contribution < -0.4 is 5.73 Å². The van der Waals surface area contributed by atoms with Crippen molar-refractivity contribution in [2.45, 2.75) is 31.7 Å². The number of likely N-dealkylation sites (tertiary alicyclic amines) is 1. The van der Waals surface area contributed by atoms with Gasteiger partial charge in [-0.2, -0.15) is 5.10 Å². The molecule has 0 aliphatic carbocycles. The molecule has 7 nitrogen and oxygen atoms in total. The Morgan fingerprint density at radius 1 is 1.38 bits per heavy atom. The zero-order valence-electron chi connectivity index (χ0n) is 14.0. The molecule has 1 aliphatic heterocycles. The summed E-state index contributed by atoms with van der Waals surface area (Å²) in [7, 11) is 1.86. The van der Waals surface area contributed by atoms with Crippen LogP contribution >= 0.6 is 11.6 Å².